The molecular formula is C28H27F3N6O2. The van der Waals surface area contributed by atoms with Gasteiger partial charge in [0, 0.05) is 25.0 Å². The van der Waals surface area contributed by atoms with E-state index in [0.29, 0.717) is 11.3 Å². The number of carbonyl (C=O) groups is 1. The van der Waals surface area contributed by atoms with Gasteiger partial charge in [-0.05, 0) is 62.2 Å². The normalized spacial score (nSPS) is 14.2. The number of benzene rings is 2. The number of halogens is 3. The van der Waals surface area contributed by atoms with E-state index in [1.165, 1.54) is 25.4 Å². The number of anilines is 1. The molecule has 1 heterocycles. The number of carbonyl (C=O) groups excluding carboxylic acids is 1. The minimum atomic E-state index is -4.62. The first-order valence-corrected chi connectivity index (χ1v) is 12.3. The summed E-state index contributed by atoms with van der Waals surface area (Å²) in [6.07, 6.45) is 0.242. The molecule has 0 atom stereocenters. The topological polar surface area (TPSA) is 95.4 Å². The van der Waals surface area contributed by atoms with Crippen molar-refractivity contribution in [2.45, 2.75) is 44.8 Å². The van der Waals surface area contributed by atoms with Gasteiger partial charge in [0.15, 0.2) is 5.84 Å². The molecule has 8 nitrogen and oxygen atoms in total. The number of amides is 1. The van der Waals surface area contributed by atoms with Gasteiger partial charge >= 0.3 is 17.9 Å². The first-order chi connectivity index (χ1) is 18.6. The van der Waals surface area contributed by atoms with Crippen LogP contribution in [0.25, 0.3) is 5.69 Å². The second-order valence-electron chi connectivity index (χ2n) is 9.12. The van der Waals surface area contributed by atoms with Crippen LogP contribution in [-0.2, 0) is 6.18 Å². The van der Waals surface area contributed by atoms with E-state index in [9.17, 15) is 22.8 Å². The van der Waals surface area contributed by atoms with Crippen LogP contribution < -0.4 is 15.9 Å². The lowest BCUT2D eigenvalue weighted by Gasteiger charge is -2.23. The zero-order valence-corrected chi connectivity index (χ0v) is 21.5. The van der Waals surface area contributed by atoms with Crippen LogP contribution in [0.3, 0.4) is 0 Å². The molecule has 0 spiro atoms. The van der Waals surface area contributed by atoms with Crippen LogP contribution in [0, 0.1) is 18.3 Å². The lowest BCUT2D eigenvalue weighted by Crippen LogP contribution is -2.43. The number of hydrogen-bond acceptors (Lipinski definition) is 4. The van der Waals surface area contributed by atoms with Gasteiger partial charge in [-0.25, -0.2) is 14.2 Å². The highest BCUT2D eigenvalue weighted by Gasteiger charge is 2.33. The number of nitrogens with zero attached hydrogens (tertiary/aromatic N) is 5. The molecule has 0 aliphatic heterocycles. The van der Waals surface area contributed by atoms with E-state index in [-0.39, 0.29) is 29.0 Å². The average Bonchev–Trinajstić information content (AvgIpc) is 3.52. The molecule has 4 rings (SSSR count). The van der Waals surface area contributed by atoms with Crippen LogP contribution in [0.1, 0.15) is 48.2 Å². The minimum Gasteiger partial charge on any atom is -0.335 e. The number of imidazole rings is 1. The Kier molecular flexibility index (Phi) is 7.76. The first kappa shape index (κ1) is 27.4. The summed E-state index contributed by atoms with van der Waals surface area (Å²) in [4.78, 5) is 33.2. The van der Waals surface area contributed by atoms with Crippen LogP contribution in [0.15, 0.2) is 71.1 Å². The molecule has 1 aliphatic carbocycles. The summed E-state index contributed by atoms with van der Waals surface area (Å²) in [6, 6.07) is 12.1. The largest absolute Gasteiger partial charge is 0.416 e. The molecule has 3 aromatic rings. The van der Waals surface area contributed by atoms with Crippen molar-refractivity contribution >= 4 is 17.6 Å². The highest BCUT2D eigenvalue weighted by atomic mass is 19.4. The summed E-state index contributed by atoms with van der Waals surface area (Å²) in [6.45, 7) is 5.39. The summed E-state index contributed by atoms with van der Waals surface area (Å²) in [5.74, 6) is 0.164. The molecule has 0 saturated heterocycles. The number of aromatic nitrogens is 2. The third-order valence-corrected chi connectivity index (χ3v) is 6.71. The second-order valence-corrected chi connectivity index (χ2v) is 9.12. The van der Waals surface area contributed by atoms with Gasteiger partial charge in [-0.1, -0.05) is 25.5 Å². The highest BCUT2D eigenvalue weighted by molar-refractivity contribution is 6.12. The quantitative estimate of drug-likeness (QED) is 0.351. The smallest absolute Gasteiger partial charge is 0.335 e. The van der Waals surface area contributed by atoms with E-state index in [1.807, 2.05) is 6.07 Å². The summed E-state index contributed by atoms with van der Waals surface area (Å²) in [5.41, 5.74) is -0.516. The monoisotopic (exact) mass is 536 g/mol. The zero-order chi connectivity index (χ0) is 28.3. The highest BCUT2D eigenvalue weighted by Crippen LogP contribution is 2.31. The van der Waals surface area contributed by atoms with E-state index in [2.05, 4.69) is 16.9 Å². The average molecular weight is 537 g/mol. The van der Waals surface area contributed by atoms with Crippen LogP contribution in [0.4, 0.5) is 23.7 Å². The van der Waals surface area contributed by atoms with Gasteiger partial charge in [0.1, 0.15) is 5.69 Å². The van der Waals surface area contributed by atoms with Gasteiger partial charge < -0.3 is 10.2 Å². The third kappa shape index (κ3) is 5.36. The van der Waals surface area contributed by atoms with Crippen molar-refractivity contribution in [2.75, 3.05) is 11.9 Å². The molecule has 0 unspecified atom stereocenters. The second kappa shape index (κ2) is 11.0. The molecule has 39 heavy (non-hydrogen) atoms. The number of aliphatic imine (C=N–C) groups is 1. The van der Waals surface area contributed by atoms with Crippen LogP contribution in [-0.4, -0.2) is 34.1 Å². The Morgan fingerprint density at radius 1 is 1.21 bits per heavy atom. The minimum absolute atomic E-state index is 0.0417. The van der Waals surface area contributed by atoms with Crippen LogP contribution in [0.2, 0.25) is 0 Å². The van der Waals surface area contributed by atoms with Crippen molar-refractivity contribution in [2.24, 2.45) is 4.99 Å². The van der Waals surface area contributed by atoms with E-state index in [4.69, 9.17) is 5.26 Å². The van der Waals surface area contributed by atoms with Gasteiger partial charge in [0.2, 0.25) is 0 Å². The molecule has 1 amide bonds. The van der Waals surface area contributed by atoms with Crippen molar-refractivity contribution in [1.82, 2.24) is 14.5 Å². The van der Waals surface area contributed by atoms with E-state index >= 15 is 0 Å². The Bertz CT molecular complexity index is 1520. The Hall–Kier alpha value is -4.59. The fourth-order valence-corrected chi connectivity index (χ4v) is 4.83. The van der Waals surface area contributed by atoms with Crippen LogP contribution in [0.5, 0.6) is 0 Å². The third-order valence-electron chi connectivity index (χ3n) is 6.71. The lowest BCUT2D eigenvalue weighted by molar-refractivity contribution is -0.137. The molecule has 202 valence electrons. The molecule has 1 saturated carbocycles. The van der Waals surface area contributed by atoms with Crippen LogP contribution >= 0.6 is 0 Å². The Balaban J connectivity index is 1.93. The number of nitrogens with one attached hydrogen (secondary N) is 1. The number of rotatable bonds is 5. The summed E-state index contributed by atoms with van der Waals surface area (Å²) in [7, 11) is 1.47. The van der Waals surface area contributed by atoms with E-state index in [0.717, 1.165) is 47.0 Å². The number of hydrogen-bond donors (Lipinski definition) is 1. The van der Waals surface area contributed by atoms with Crippen molar-refractivity contribution in [3.8, 4) is 11.8 Å². The Morgan fingerprint density at radius 2 is 1.87 bits per heavy atom. The molecule has 1 aliphatic rings. The molecule has 0 radical (unpaired) electrons. The maximum Gasteiger partial charge on any atom is 0.416 e. The fourth-order valence-electron chi connectivity index (χ4n) is 4.83. The molecule has 1 N–H and O–H groups in total. The molecule has 11 heteroatoms. The molecule has 0 bridgehead atoms. The van der Waals surface area contributed by atoms with Gasteiger partial charge in [-0.3, -0.25) is 9.56 Å². The zero-order valence-electron chi connectivity index (χ0n) is 21.5. The number of nitriles is 1. The lowest BCUT2D eigenvalue weighted by atomic mass is 10.1. The van der Waals surface area contributed by atoms with E-state index < -0.39 is 23.5 Å². The molecule has 2 aromatic carbocycles. The summed E-state index contributed by atoms with van der Waals surface area (Å²) >= 11 is 0. The Morgan fingerprint density at radius 3 is 2.44 bits per heavy atom. The van der Waals surface area contributed by atoms with Gasteiger partial charge in [-0.15, -0.1) is 0 Å². The maximum atomic E-state index is 13.8. The molecule has 1 aromatic heterocycles. The summed E-state index contributed by atoms with van der Waals surface area (Å²) < 4.78 is 42.4. The summed E-state index contributed by atoms with van der Waals surface area (Å²) in [5, 5.41) is 12.0. The fraction of sp³-hybridized carbons (Fsp3) is 0.286. The van der Waals surface area contributed by atoms with E-state index in [1.54, 1.807) is 36.1 Å². The van der Waals surface area contributed by atoms with Gasteiger partial charge in [0.05, 0.1) is 28.6 Å². The van der Waals surface area contributed by atoms with Crippen molar-refractivity contribution in [1.29, 1.82) is 5.26 Å². The SMILES string of the molecule is C=CN(C(=NC)c1c(C)n(-c2cccc(C(F)(F)F)c2)c(=O)n1C(=O)NC1CCCC1)c1ccc(C#N)cc1. The molecule has 1 fully saturated rings. The van der Waals surface area contributed by atoms with Crippen molar-refractivity contribution in [3.63, 3.8) is 0 Å². The first-order valence-electron chi connectivity index (χ1n) is 12.3. The van der Waals surface area contributed by atoms with Crippen molar-refractivity contribution in [3.05, 3.63) is 94.3 Å². The maximum absolute atomic E-state index is 13.8. The molecular weight excluding hydrogens is 509 g/mol. The van der Waals surface area contributed by atoms with Crippen molar-refractivity contribution < 1.29 is 18.0 Å². The number of alkyl halides is 3. The predicted octanol–water partition coefficient (Wildman–Crippen LogP) is 5.36. The van der Waals surface area contributed by atoms with Gasteiger partial charge in [0.25, 0.3) is 0 Å². The number of amidine groups is 1. The standard InChI is InChI=1S/C28H27F3N6O2/c1-4-35(22-14-12-19(17-32)13-15-22)25(33-3)24-18(2)36(23-11-7-8-20(16-23)28(29,30)31)27(39)37(24)26(38)34-21-9-5-6-10-21/h4,7-8,11-16,21H,1,5-6,9-10H2,2-3H3,(H,34,38). The van der Waals surface area contributed by atoms with Gasteiger partial charge in [-0.2, -0.15) is 18.4 Å². The predicted molar refractivity (Wildman–Crippen MR) is 142 cm³/mol. The Labute approximate surface area is 223 Å².